The molecule has 0 aliphatic carbocycles. The lowest BCUT2D eigenvalue weighted by Gasteiger charge is -2.33. The molecule has 0 bridgehead atoms. The topological polar surface area (TPSA) is 75.6 Å². The molecule has 4 rings (SSSR count). The number of likely N-dealkylation sites (N-methyl/N-ethyl adjacent to an activating group) is 1. The minimum atomic E-state index is 0.00784. The molecule has 1 saturated heterocycles. The van der Waals surface area contributed by atoms with Crippen molar-refractivity contribution in [3.8, 4) is 11.1 Å². The van der Waals surface area contributed by atoms with Crippen LogP contribution in [0.25, 0.3) is 11.1 Å². The molecule has 1 aliphatic rings. The van der Waals surface area contributed by atoms with Gasteiger partial charge in [0.25, 0.3) is 0 Å². The van der Waals surface area contributed by atoms with E-state index in [-0.39, 0.29) is 12.2 Å². The minimum absolute atomic E-state index is 0.00784. The number of hydrogen-bond acceptors (Lipinski definition) is 6. The highest BCUT2D eigenvalue weighted by molar-refractivity contribution is 5.98. The zero-order chi connectivity index (χ0) is 19.5. The molecule has 1 fully saturated rings. The highest BCUT2D eigenvalue weighted by atomic mass is 16.3. The van der Waals surface area contributed by atoms with Gasteiger partial charge in [0.15, 0.2) is 5.78 Å². The monoisotopic (exact) mass is 376 g/mol. The number of rotatable bonds is 5. The second-order valence-corrected chi connectivity index (χ2v) is 7.22. The Morgan fingerprint density at radius 2 is 1.93 bits per heavy atom. The fourth-order valence-corrected chi connectivity index (χ4v) is 3.42. The lowest BCUT2D eigenvalue weighted by molar-refractivity contribution is 0.0993. The van der Waals surface area contributed by atoms with Crippen LogP contribution in [0.5, 0.6) is 0 Å². The summed E-state index contributed by atoms with van der Waals surface area (Å²) in [7, 11) is 2.12. The SMILES string of the molecule is CN1CCN(c2ccc(C(=O)Cc3cc(-c4ccoc4)ccc3N)cn2)CC1. The van der Waals surface area contributed by atoms with Crippen LogP contribution in [0.1, 0.15) is 15.9 Å². The third-order valence-corrected chi connectivity index (χ3v) is 5.25. The molecular formula is C22H24N4O2. The number of anilines is 2. The molecule has 0 atom stereocenters. The summed E-state index contributed by atoms with van der Waals surface area (Å²) in [5.74, 6) is 0.930. The Labute approximate surface area is 164 Å². The number of nitrogen functional groups attached to an aromatic ring is 1. The Bertz CT molecular complexity index is 943. The maximum Gasteiger partial charge on any atom is 0.168 e. The van der Waals surface area contributed by atoms with E-state index in [0.29, 0.717) is 11.3 Å². The van der Waals surface area contributed by atoms with Gasteiger partial charge in [0.05, 0.1) is 12.5 Å². The Morgan fingerprint density at radius 1 is 1.11 bits per heavy atom. The quantitative estimate of drug-likeness (QED) is 0.545. The lowest BCUT2D eigenvalue weighted by Crippen LogP contribution is -2.44. The summed E-state index contributed by atoms with van der Waals surface area (Å²) < 4.78 is 5.14. The highest BCUT2D eigenvalue weighted by Crippen LogP contribution is 2.25. The van der Waals surface area contributed by atoms with E-state index in [0.717, 1.165) is 48.7 Å². The van der Waals surface area contributed by atoms with Gasteiger partial charge in [-0.15, -0.1) is 0 Å². The maximum absolute atomic E-state index is 12.8. The van der Waals surface area contributed by atoms with Gasteiger partial charge in [-0.25, -0.2) is 4.98 Å². The summed E-state index contributed by atoms with van der Waals surface area (Å²) >= 11 is 0. The number of Topliss-reactive ketones (excluding diaryl/α,β-unsaturated/α-hetero) is 1. The number of benzene rings is 1. The number of carbonyl (C=O) groups excluding carboxylic acids is 1. The van der Waals surface area contributed by atoms with Crippen LogP contribution in [0.15, 0.2) is 59.5 Å². The van der Waals surface area contributed by atoms with Crippen LogP contribution in [0.3, 0.4) is 0 Å². The van der Waals surface area contributed by atoms with Crippen molar-refractivity contribution in [2.45, 2.75) is 6.42 Å². The molecule has 2 N–H and O–H groups in total. The molecule has 1 aromatic carbocycles. The molecule has 6 nitrogen and oxygen atoms in total. The number of nitrogens with zero attached hydrogens (tertiary/aromatic N) is 3. The first-order valence-electron chi connectivity index (χ1n) is 9.44. The van der Waals surface area contributed by atoms with Crippen molar-refractivity contribution in [3.63, 3.8) is 0 Å². The fourth-order valence-electron chi connectivity index (χ4n) is 3.42. The second kappa shape index (κ2) is 7.86. The summed E-state index contributed by atoms with van der Waals surface area (Å²) in [5, 5.41) is 0. The van der Waals surface area contributed by atoms with E-state index in [1.165, 1.54) is 0 Å². The number of nitrogens with two attached hydrogens (primary N) is 1. The third kappa shape index (κ3) is 3.92. The smallest absolute Gasteiger partial charge is 0.168 e. The molecule has 144 valence electrons. The average molecular weight is 376 g/mol. The van der Waals surface area contributed by atoms with Crippen LogP contribution in [-0.4, -0.2) is 48.9 Å². The number of piperazine rings is 1. The first-order chi connectivity index (χ1) is 13.6. The highest BCUT2D eigenvalue weighted by Gasteiger charge is 2.16. The molecule has 0 spiro atoms. The van der Waals surface area contributed by atoms with Crippen LogP contribution in [-0.2, 0) is 6.42 Å². The van der Waals surface area contributed by atoms with Gasteiger partial charge in [0.1, 0.15) is 5.82 Å². The van der Waals surface area contributed by atoms with E-state index in [9.17, 15) is 4.79 Å². The molecule has 0 radical (unpaired) electrons. The van der Waals surface area contributed by atoms with E-state index in [1.54, 1.807) is 18.7 Å². The zero-order valence-corrected chi connectivity index (χ0v) is 16.0. The standard InChI is InChI=1S/C22H24N4O2/c1-25-7-9-26(10-8-25)22-5-3-17(14-24-22)21(27)13-19-12-16(2-4-20(19)23)18-6-11-28-15-18/h2-6,11-12,14-15H,7-10,13,23H2,1H3. The first kappa shape index (κ1) is 18.3. The number of aromatic nitrogens is 1. The molecule has 1 aliphatic heterocycles. The Morgan fingerprint density at radius 3 is 2.61 bits per heavy atom. The van der Waals surface area contributed by atoms with Crippen LogP contribution in [0.4, 0.5) is 11.5 Å². The molecule has 6 heteroatoms. The van der Waals surface area contributed by atoms with Crippen LogP contribution in [0, 0.1) is 0 Å². The van der Waals surface area contributed by atoms with Gasteiger partial charge >= 0.3 is 0 Å². The summed E-state index contributed by atoms with van der Waals surface area (Å²) in [6.45, 7) is 3.95. The number of ketones is 1. The predicted octanol–water partition coefficient (Wildman–Crippen LogP) is 3.10. The number of furan rings is 1. The third-order valence-electron chi connectivity index (χ3n) is 5.25. The number of hydrogen-bond donors (Lipinski definition) is 1. The van der Waals surface area contributed by atoms with Crippen molar-refractivity contribution in [1.82, 2.24) is 9.88 Å². The number of pyridine rings is 1. The molecule has 3 aromatic rings. The van der Waals surface area contributed by atoms with Gasteiger partial charge in [-0.3, -0.25) is 4.79 Å². The molecule has 0 amide bonds. The second-order valence-electron chi connectivity index (χ2n) is 7.22. The van der Waals surface area contributed by atoms with Gasteiger partial charge in [-0.05, 0) is 48.5 Å². The van der Waals surface area contributed by atoms with Gasteiger partial charge in [-0.1, -0.05) is 6.07 Å². The minimum Gasteiger partial charge on any atom is -0.472 e. The molecule has 3 heterocycles. The average Bonchev–Trinajstić information content (AvgIpc) is 3.25. The van der Waals surface area contributed by atoms with E-state index in [1.807, 2.05) is 36.4 Å². The normalized spacial score (nSPS) is 15.0. The maximum atomic E-state index is 12.8. The van der Waals surface area contributed by atoms with E-state index in [2.05, 4.69) is 21.8 Å². The summed E-state index contributed by atoms with van der Waals surface area (Å²) in [4.78, 5) is 21.8. The summed E-state index contributed by atoms with van der Waals surface area (Å²) in [6.07, 6.45) is 5.22. The van der Waals surface area contributed by atoms with Crippen molar-refractivity contribution >= 4 is 17.3 Å². The Balaban J connectivity index is 1.47. The van der Waals surface area contributed by atoms with Crippen molar-refractivity contribution in [3.05, 3.63) is 66.2 Å². The van der Waals surface area contributed by atoms with Gasteiger partial charge in [0.2, 0.25) is 0 Å². The van der Waals surface area contributed by atoms with Crippen molar-refractivity contribution in [2.24, 2.45) is 0 Å². The first-order valence-corrected chi connectivity index (χ1v) is 9.44. The van der Waals surface area contributed by atoms with Gasteiger partial charge in [0, 0.05) is 55.6 Å². The summed E-state index contributed by atoms with van der Waals surface area (Å²) in [5.41, 5.74) is 10.1. The molecular weight excluding hydrogens is 352 g/mol. The molecule has 0 unspecified atom stereocenters. The molecule has 2 aromatic heterocycles. The predicted molar refractivity (Wildman–Crippen MR) is 111 cm³/mol. The fraction of sp³-hybridized carbons (Fsp3) is 0.273. The van der Waals surface area contributed by atoms with Crippen LogP contribution < -0.4 is 10.6 Å². The van der Waals surface area contributed by atoms with Crippen molar-refractivity contribution < 1.29 is 9.21 Å². The van der Waals surface area contributed by atoms with Crippen LogP contribution >= 0.6 is 0 Å². The van der Waals surface area contributed by atoms with Crippen molar-refractivity contribution in [1.29, 1.82) is 0 Å². The zero-order valence-electron chi connectivity index (χ0n) is 16.0. The van der Waals surface area contributed by atoms with Gasteiger partial charge in [-0.2, -0.15) is 0 Å². The van der Waals surface area contributed by atoms with E-state index >= 15 is 0 Å². The Kier molecular flexibility index (Phi) is 5.12. The van der Waals surface area contributed by atoms with Crippen molar-refractivity contribution in [2.75, 3.05) is 43.9 Å². The molecule has 0 saturated carbocycles. The Hall–Kier alpha value is -3.12. The van der Waals surface area contributed by atoms with Crippen LogP contribution in [0.2, 0.25) is 0 Å². The van der Waals surface area contributed by atoms with E-state index < -0.39 is 0 Å². The van der Waals surface area contributed by atoms with E-state index in [4.69, 9.17) is 10.2 Å². The van der Waals surface area contributed by atoms with Gasteiger partial charge < -0.3 is 20.0 Å². The largest absolute Gasteiger partial charge is 0.472 e. The number of carbonyl (C=O) groups is 1. The lowest BCUT2D eigenvalue weighted by atomic mass is 9.98. The summed E-state index contributed by atoms with van der Waals surface area (Å²) in [6, 6.07) is 11.4. The molecule has 28 heavy (non-hydrogen) atoms.